The zero-order valence-corrected chi connectivity index (χ0v) is 15.8. The molecule has 0 fully saturated rings. The number of nitrogens with zero attached hydrogens (tertiary/aromatic N) is 3. The highest BCUT2D eigenvalue weighted by molar-refractivity contribution is 5.52. The van der Waals surface area contributed by atoms with Crippen molar-refractivity contribution < 1.29 is 9.47 Å². The molecule has 142 valence electrons. The lowest BCUT2D eigenvalue weighted by molar-refractivity contribution is 0.132. The summed E-state index contributed by atoms with van der Waals surface area (Å²) in [7, 11) is 2.85. The number of para-hydroxylation sites is 1. The smallest absolute Gasteiger partial charge is 0.332 e. The van der Waals surface area contributed by atoms with E-state index in [0.29, 0.717) is 12.3 Å². The molecule has 0 aliphatic carbocycles. The average Bonchev–Trinajstić information content (AvgIpc) is 2.95. The van der Waals surface area contributed by atoms with Crippen LogP contribution in [-0.4, -0.2) is 27.9 Å². The van der Waals surface area contributed by atoms with Crippen molar-refractivity contribution in [2.24, 2.45) is 14.1 Å². The van der Waals surface area contributed by atoms with Crippen LogP contribution < -0.4 is 26.0 Å². The number of anilines is 1. The molecule has 2 aromatic rings. The van der Waals surface area contributed by atoms with Crippen molar-refractivity contribution in [2.75, 3.05) is 18.5 Å². The Hall–Kier alpha value is -3.21. The van der Waals surface area contributed by atoms with E-state index >= 15 is 0 Å². The number of aromatic nitrogens is 2. The number of rotatable bonds is 5. The second kappa shape index (κ2) is 6.83. The summed E-state index contributed by atoms with van der Waals surface area (Å²) in [6.07, 6.45) is 0.818. The Morgan fingerprint density at radius 3 is 2.74 bits per heavy atom. The van der Waals surface area contributed by atoms with Gasteiger partial charge in [0.05, 0.1) is 6.54 Å². The molecule has 27 heavy (non-hydrogen) atoms. The Kier molecular flexibility index (Phi) is 4.70. The minimum absolute atomic E-state index is 0.106. The van der Waals surface area contributed by atoms with Crippen LogP contribution in [0.2, 0.25) is 0 Å². The van der Waals surface area contributed by atoms with E-state index in [-0.39, 0.29) is 23.6 Å². The van der Waals surface area contributed by atoms with E-state index < -0.39 is 11.2 Å². The minimum Gasteiger partial charge on any atom is -0.488 e. The van der Waals surface area contributed by atoms with E-state index in [4.69, 9.17) is 9.47 Å². The third-order valence-corrected chi connectivity index (χ3v) is 4.48. The average molecular weight is 370 g/mol. The van der Waals surface area contributed by atoms with E-state index in [9.17, 15) is 14.9 Å². The quantitative estimate of drug-likeness (QED) is 0.793. The van der Waals surface area contributed by atoms with Crippen molar-refractivity contribution in [1.82, 2.24) is 9.13 Å². The van der Waals surface area contributed by atoms with E-state index in [1.54, 1.807) is 0 Å². The number of fused-ring (bicyclic) bond motifs is 1. The van der Waals surface area contributed by atoms with Crippen LogP contribution in [-0.2, 0) is 20.5 Å². The highest BCUT2D eigenvalue weighted by Gasteiger charge is 2.32. The lowest BCUT2D eigenvalue weighted by Gasteiger charge is -2.18. The molecule has 1 N–H and O–H groups in total. The first-order chi connectivity index (χ1) is 12.7. The molecule has 0 radical (unpaired) electrons. The molecular formula is C19H22N4O4. The first-order valence-electron chi connectivity index (χ1n) is 8.63. The Bertz CT molecular complexity index is 1040. The number of ether oxygens (including phenoxy) is 2. The molecule has 1 aliphatic heterocycles. The maximum absolute atomic E-state index is 12.1. The SMILES string of the molecule is Cn1c(NCCOc2cccc3c2OC(C)(C)C3)c(C#N)c(=O)n(C)c1=O. The monoisotopic (exact) mass is 370 g/mol. The van der Waals surface area contributed by atoms with Gasteiger partial charge in [-0.15, -0.1) is 0 Å². The largest absolute Gasteiger partial charge is 0.488 e. The van der Waals surface area contributed by atoms with E-state index in [2.05, 4.69) is 5.32 Å². The molecule has 0 spiro atoms. The van der Waals surface area contributed by atoms with Gasteiger partial charge in [-0.1, -0.05) is 12.1 Å². The highest BCUT2D eigenvalue weighted by Crippen LogP contribution is 2.41. The van der Waals surface area contributed by atoms with E-state index in [0.717, 1.165) is 22.3 Å². The summed E-state index contributed by atoms with van der Waals surface area (Å²) in [5, 5.41) is 12.2. The lowest BCUT2D eigenvalue weighted by Crippen LogP contribution is -2.40. The molecule has 0 bridgehead atoms. The summed E-state index contributed by atoms with van der Waals surface area (Å²) >= 11 is 0. The topological polar surface area (TPSA) is 98.3 Å². The number of nitriles is 1. The third-order valence-electron chi connectivity index (χ3n) is 4.48. The van der Waals surface area contributed by atoms with Gasteiger partial charge in [0, 0.05) is 26.1 Å². The first kappa shape index (κ1) is 18.6. The number of nitrogens with one attached hydrogen (secondary N) is 1. The van der Waals surface area contributed by atoms with Crippen molar-refractivity contribution in [1.29, 1.82) is 5.26 Å². The van der Waals surface area contributed by atoms with Gasteiger partial charge in [-0.3, -0.25) is 13.9 Å². The van der Waals surface area contributed by atoms with Gasteiger partial charge in [0.25, 0.3) is 5.56 Å². The van der Waals surface area contributed by atoms with Gasteiger partial charge < -0.3 is 14.8 Å². The predicted octanol–water partition coefficient (Wildman–Crippen LogP) is 1.16. The molecule has 2 heterocycles. The number of hydrogen-bond acceptors (Lipinski definition) is 6. The fourth-order valence-electron chi connectivity index (χ4n) is 3.18. The Balaban J connectivity index is 1.72. The van der Waals surface area contributed by atoms with E-state index in [1.165, 1.54) is 18.7 Å². The first-order valence-corrected chi connectivity index (χ1v) is 8.63. The summed E-state index contributed by atoms with van der Waals surface area (Å²) in [5.74, 6) is 1.59. The molecular weight excluding hydrogens is 348 g/mol. The van der Waals surface area contributed by atoms with Gasteiger partial charge in [0.15, 0.2) is 17.1 Å². The molecule has 1 aromatic carbocycles. The second-order valence-electron chi connectivity index (χ2n) is 7.10. The Morgan fingerprint density at radius 1 is 1.30 bits per heavy atom. The summed E-state index contributed by atoms with van der Waals surface area (Å²) in [5.41, 5.74) is -0.389. The standard InChI is InChI=1S/C19H22N4O4/c1-19(2)10-12-6-5-7-14(15(12)27-19)26-9-8-21-16-13(11-20)17(24)23(4)18(25)22(16)3/h5-7,21H,8-10H2,1-4H3. The fourth-order valence-corrected chi connectivity index (χ4v) is 3.18. The molecule has 0 atom stereocenters. The molecule has 0 amide bonds. The maximum Gasteiger partial charge on any atom is 0.332 e. The molecule has 1 aromatic heterocycles. The predicted molar refractivity (Wildman–Crippen MR) is 100 cm³/mol. The fraction of sp³-hybridized carbons (Fsp3) is 0.421. The summed E-state index contributed by atoms with van der Waals surface area (Å²) in [4.78, 5) is 24.1. The minimum atomic E-state index is -0.625. The van der Waals surface area contributed by atoms with Crippen LogP contribution in [0.5, 0.6) is 11.5 Å². The van der Waals surface area contributed by atoms with Crippen LogP contribution in [0.3, 0.4) is 0 Å². The van der Waals surface area contributed by atoms with Crippen LogP contribution >= 0.6 is 0 Å². The molecule has 0 saturated carbocycles. The highest BCUT2D eigenvalue weighted by atomic mass is 16.5. The van der Waals surface area contributed by atoms with Crippen molar-refractivity contribution in [2.45, 2.75) is 25.9 Å². The Labute approximate surface area is 156 Å². The van der Waals surface area contributed by atoms with Gasteiger partial charge in [0.2, 0.25) is 0 Å². The zero-order valence-electron chi connectivity index (χ0n) is 15.8. The van der Waals surface area contributed by atoms with Gasteiger partial charge >= 0.3 is 5.69 Å². The molecule has 1 aliphatic rings. The zero-order chi connectivity index (χ0) is 19.8. The van der Waals surface area contributed by atoms with Crippen molar-refractivity contribution in [3.8, 4) is 17.6 Å². The van der Waals surface area contributed by atoms with Crippen molar-refractivity contribution in [3.63, 3.8) is 0 Å². The van der Waals surface area contributed by atoms with Crippen LogP contribution in [0.25, 0.3) is 0 Å². The van der Waals surface area contributed by atoms with Gasteiger partial charge in [0.1, 0.15) is 24.1 Å². The summed E-state index contributed by atoms with van der Waals surface area (Å²) < 4.78 is 13.9. The van der Waals surface area contributed by atoms with Crippen molar-refractivity contribution >= 4 is 5.82 Å². The molecule has 0 saturated heterocycles. The third kappa shape index (κ3) is 3.40. The lowest BCUT2D eigenvalue weighted by atomic mass is 10.0. The van der Waals surface area contributed by atoms with Gasteiger partial charge in [-0.25, -0.2) is 4.79 Å². The number of hydrogen-bond donors (Lipinski definition) is 1. The summed E-state index contributed by atoms with van der Waals surface area (Å²) in [6.45, 7) is 4.63. The molecule has 3 rings (SSSR count). The maximum atomic E-state index is 12.1. The van der Waals surface area contributed by atoms with Crippen LogP contribution in [0.15, 0.2) is 27.8 Å². The molecule has 8 nitrogen and oxygen atoms in total. The summed E-state index contributed by atoms with van der Waals surface area (Å²) in [6, 6.07) is 7.64. The van der Waals surface area contributed by atoms with Crippen LogP contribution in [0.1, 0.15) is 25.0 Å². The Morgan fingerprint density at radius 2 is 2.04 bits per heavy atom. The normalized spacial score (nSPS) is 14.2. The second-order valence-corrected chi connectivity index (χ2v) is 7.10. The number of benzene rings is 1. The molecule has 8 heteroatoms. The van der Waals surface area contributed by atoms with E-state index in [1.807, 2.05) is 38.1 Å². The van der Waals surface area contributed by atoms with Crippen LogP contribution in [0, 0.1) is 11.3 Å². The van der Waals surface area contributed by atoms with Gasteiger partial charge in [-0.2, -0.15) is 5.26 Å². The van der Waals surface area contributed by atoms with Gasteiger partial charge in [-0.05, 0) is 19.9 Å². The van der Waals surface area contributed by atoms with Crippen LogP contribution in [0.4, 0.5) is 5.82 Å². The van der Waals surface area contributed by atoms with Crippen molar-refractivity contribution in [3.05, 3.63) is 50.2 Å². The molecule has 0 unspecified atom stereocenters.